The molecule has 0 spiro atoms. The maximum absolute atomic E-state index is 12.0. The number of carbonyl (C=O) groups is 2. The van der Waals surface area contributed by atoms with Crippen molar-refractivity contribution in [2.24, 2.45) is 0 Å². The molecular formula is C24H21BrCl2N2O4. The van der Waals surface area contributed by atoms with Gasteiger partial charge in [-0.05, 0) is 63.8 Å². The van der Waals surface area contributed by atoms with Crippen LogP contribution in [-0.4, -0.2) is 25.0 Å². The van der Waals surface area contributed by atoms with Crippen molar-refractivity contribution in [2.75, 3.05) is 13.2 Å². The van der Waals surface area contributed by atoms with E-state index < -0.39 is 5.91 Å². The second kappa shape index (κ2) is 12.5. The van der Waals surface area contributed by atoms with Crippen molar-refractivity contribution < 1.29 is 19.1 Å². The van der Waals surface area contributed by atoms with Gasteiger partial charge in [0.15, 0.2) is 6.61 Å². The highest BCUT2D eigenvalue weighted by atomic mass is 79.9. The topological polar surface area (TPSA) is 76.7 Å². The molecule has 2 N–H and O–H groups in total. The zero-order valence-corrected chi connectivity index (χ0v) is 20.5. The molecule has 0 bridgehead atoms. The number of benzene rings is 3. The number of nitrogens with one attached hydrogen (secondary N) is 2. The summed E-state index contributed by atoms with van der Waals surface area (Å²) in [4.78, 5) is 23.9. The van der Waals surface area contributed by atoms with Crippen LogP contribution in [0.4, 0.5) is 0 Å². The van der Waals surface area contributed by atoms with E-state index in [1.54, 1.807) is 24.3 Å². The molecule has 33 heavy (non-hydrogen) atoms. The van der Waals surface area contributed by atoms with E-state index in [1.807, 2.05) is 42.5 Å². The Morgan fingerprint density at radius 3 is 2.27 bits per heavy atom. The number of hydrazine groups is 1. The molecule has 0 aliphatic rings. The third-order valence-electron chi connectivity index (χ3n) is 4.44. The van der Waals surface area contributed by atoms with Gasteiger partial charge in [-0.15, -0.1) is 0 Å². The Kier molecular flexibility index (Phi) is 9.42. The second-order valence-corrected chi connectivity index (χ2v) is 8.62. The van der Waals surface area contributed by atoms with Crippen molar-refractivity contribution in [3.05, 3.63) is 81.2 Å². The van der Waals surface area contributed by atoms with Crippen molar-refractivity contribution in [1.82, 2.24) is 10.9 Å². The number of amides is 2. The molecule has 9 heteroatoms. The minimum absolute atomic E-state index is 0.166. The van der Waals surface area contributed by atoms with Gasteiger partial charge in [0.2, 0.25) is 5.91 Å². The van der Waals surface area contributed by atoms with Crippen LogP contribution in [0.5, 0.6) is 11.5 Å². The molecule has 0 radical (unpaired) electrons. The van der Waals surface area contributed by atoms with E-state index in [2.05, 4.69) is 26.8 Å². The lowest BCUT2D eigenvalue weighted by Crippen LogP contribution is -2.43. The van der Waals surface area contributed by atoms with Gasteiger partial charge in [0.05, 0.1) is 16.1 Å². The molecule has 0 aliphatic carbocycles. The minimum atomic E-state index is -0.480. The number of halogens is 3. The van der Waals surface area contributed by atoms with Gasteiger partial charge in [0.25, 0.3) is 5.91 Å². The van der Waals surface area contributed by atoms with E-state index in [4.69, 9.17) is 32.7 Å². The highest BCUT2D eigenvalue weighted by Gasteiger charge is 2.09. The average molecular weight is 552 g/mol. The van der Waals surface area contributed by atoms with E-state index in [0.29, 0.717) is 34.6 Å². The van der Waals surface area contributed by atoms with Crippen molar-refractivity contribution in [3.63, 3.8) is 0 Å². The van der Waals surface area contributed by atoms with E-state index >= 15 is 0 Å². The highest BCUT2D eigenvalue weighted by Crippen LogP contribution is 2.30. The molecule has 3 rings (SSSR count). The predicted molar refractivity (Wildman–Crippen MR) is 133 cm³/mol. The summed E-state index contributed by atoms with van der Waals surface area (Å²) in [5.74, 6) is 0.193. The van der Waals surface area contributed by atoms with Gasteiger partial charge in [0.1, 0.15) is 11.5 Å². The standard InChI is InChI=1S/C24H21BrCl2N2O4/c25-19-13-17(16-5-2-1-3-6-16)8-10-21(19)33-15-24(31)29-28-23(30)7-4-12-32-22-11-9-18(26)14-20(22)27/h1-3,5-6,8-11,13-14H,4,7,12,15H2,(H,28,30)(H,29,31). The molecule has 3 aromatic carbocycles. The van der Waals surface area contributed by atoms with Gasteiger partial charge in [0, 0.05) is 11.4 Å². The molecule has 0 aliphatic heterocycles. The summed E-state index contributed by atoms with van der Waals surface area (Å²) < 4.78 is 11.8. The van der Waals surface area contributed by atoms with E-state index in [0.717, 1.165) is 15.6 Å². The Morgan fingerprint density at radius 2 is 1.55 bits per heavy atom. The zero-order chi connectivity index (χ0) is 23.6. The first-order chi connectivity index (χ1) is 15.9. The number of carbonyl (C=O) groups excluding carboxylic acids is 2. The lowest BCUT2D eigenvalue weighted by molar-refractivity contribution is -0.130. The van der Waals surface area contributed by atoms with E-state index in [-0.39, 0.29) is 18.9 Å². The molecule has 3 aromatic rings. The Bertz CT molecular complexity index is 1110. The fraction of sp³-hybridized carbons (Fsp3) is 0.167. The van der Waals surface area contributed by atoms with E-state index in [9.17, 15) is 9.59 Å². The third-order valence-corrected chi connectivity index (χ3v) is 5.59. The van der Waals surface area contributed by atoms with Gasteiger partial charge in [-0.3, -0.25) is 20.4 Å². The van der Waals surface area contributed by atoms with Crippen molar-refractivity contribution >= 4 is 50.9 Å². The Morgan fingerprint density at radius 1 is 0.818 bits per heavy atom. The Balaban J connectivity index is 1.35. The third kappa shape index (κ3) is 7.96. The predicted octanol–water partition coefficient (Wildman–Crippen LogP) is 5.81. The lowest BCUT2D eigenvalue weighted by Gasteiger charge is -2.11. The number of hydrogen-bond donors (Lipinski definition) is 2. The largest absolute Gasteiger partial charge is 0.492 e. The normalized spacial score (nSPS) is 10.4. The molecule has 0 saturated heterocycles. The van der Waals surface area contributed by atoms with Crippen LogP contribution in [0, 0.1) is 0 Å². The summed E-state index contributed by atoms with van der Waals surface area (Å²) in [5.41, 5.74) is 6.78. The summed E-state index contributed by atoms with van der Waals surface area (Å²) in [7, 11) is 0. The molecule has 6 nitrogen and oxygen atoms in total. The average Bonchev–Trinajstić information content (AvgIpc) is 2.81. The summed E-state index contributed by atoms with van der Waals surface area (Å²) in [5, 5.41) is 0.920. The molecule has 0 aromatic heterocycles. The molecule has 0 unspecified atom stereocenters. The van der Waals surface area contributed by atoms with Gasteiger partial charge in [-0.2, -0.15) is 0 Å². The molecular weight excluding hydrogens is 531 g/mol. The van der Waals surface area contributed by atoms with Crippen molar-refractivity contribution in [2.45, 2.75) is 12.8 Å². The first-order valence-corrected chi connectivity index (χ1v) is 11.6. The quantitative estimate of drug-likeness (QED) is 0.260. The Hall–Kier alpha value is -2.74. The van der Waals surface area contributed by atoms with Crippen LogP contribution in [0.25, 0.3) is 11.1 Å². The van der Waals surface area contributed by atoms with E-state index in [1.165, 1.54) is 0 Å². The fourth-order valence-electron chi connectivity index (χ4n) is 2.82. The molecule has 0 heterocycles. The minimum Gasteiger partial charge on any atom is -0.492 e. The SMILES string of the molecule is O=C(CCCOc1ccc(Cl)cc1Cl)NNC(=O)COc1ccc(-c2ccccc2)cc1Br. The monoisotopic (exact) mass is 550 g/mol. The second-order valence-electron chi connectivity index (χ2n) is 6.92. The molecule has 0 atom stereocenters. The van der Waals surface area contributed by atoms with Crippen LogP contribution in [-0.2, 0) is 9.59 Å². The summed E-state index contributed by atoms with van der Waals surface area (Å²) >= 11 is 15.3. The number of rotatable bonds is 9. The highest BCUT2D eigenvalue weighted by molar-refractivity contribution is 9.10. The fourth-order valence-corrected chi connectivity index (χ4v) is 3.77. The van der Waals surface area contributed by atoms with Gasteiger partial charge in [-0.1, -0.05) is 59.6 Å². The summed E-state index contributed by atoms with van der Waals surface area (Å²) in [6, 6.07) is 20.4. The maximum Gasteiger partial charge on any atom is 0.276 e. The van der Waals surface area contributed by atoms with Gasteiger partial charge < -0.3 is 9.47 Å². The van der Waals surface area contributed by atoms with Crippen LogP contribution in [0.3, 0.4) is 0 Å². The molecule has 172 valence electrons. The van der Waals surface area contributed by atoms with Gasteiger partial charge in [-0.25, -0.2) is 0 Å². The first-order valence-electron chi connectivity index (χ1n) is 10.1. The lowest BCUT2D eigenvalue weighted by atomic mass is 10.1. The smallest absolute Gasteiger partial charge is 0.276 e. The molecule has 2 amide bonds. The first kappa shape index (κ1) is 24.9. The van der Waals surface area contributed by atoms with Crippen LogP contribution < -0.4 is 20.3 Å². The van der Waals surface area contributed by atoms with Crippen LogP contribution >= 0.6 is 39.1 Å². The van der Waals surface area contributed by atoms with Crippen LogP contribution in [0.15, 0.2) is 71.2 Å². The zero-order valence-electron chi connectivity index (χ0n) is 17.4. The van der Waals surface area contributed by atoms with Crippen molar-refractivity contribution in [3.8, 4) is 22.6 Å². The van der Waals surface area contributed by atoms with Crippen LogP contribution in [0.1, 0.15) is 12.8 Å². The van der Waals surface area contributed by atoms with Crippen molar-refractivity contribution in [1.29, 1.82) is 0 Å². The number of hydrogen-bond acceptors (Lipinski definition) is 4. The van der Waals surface area contributed by atoms with Gasteiger partial charge >= 0.3 is 0 Å². The molecule has 0 fully saturated rings. The maximum atomic E-state index is 12.0. The number of ether oxygens (including phenoxy) is 2. The summed E-state index contributed by atoms with van der Waals surface area (Å²) in [6.07, 6.45) is 0.608. The van der Waals surface area contributed by atoms with Crippen LogP contribution in [0.2, 0.25) is 10.0 Å². The molecule has 0 saturated carbocycles. The summed E-state index contributed by atoms with van der Waals surface area (Å²) in [6.45, 7) is 0.0422. The Labute approximate surface area is 210 Å².